The Balaban J connectivity index is 2.03. The maximum Gasteiger partial charge on any atom is 0.127 e. The highest BCUT2D eigenvalue weighted by atomic mass is 16.5. The van der Waals surface area contributed by atoms with Gasteiger partial charge in [0.05, 0.1) is 18.3 Å². The first kappa shape index (κ1) is 13.3. The minimum atomic E-state index is 0.815. The van der Waals surface area contributed by atoms with Gasteiger partial charge in [0.15, 0.2) is 0 Å². The van der Waals surface area contributed by atoms with Crippen molar-refractivity contribution < 1.29 is 4.74 Å². The standard InChI is InChI=1S/C18H16N2O/c1-13-10-11-15-16(7-5-8-17(15)20-13)19-12-14-6-3-4-9-18(14)21-2/h3-12H,1-2H3/b19-12+. The number of benzene rings is 2. The highest BCUT2D eigenvalue weighted by Crippen LogP contribution is 2.25. The number of nitrogens with zero attached hydrogens (tertiary/aromatic N) is 2. The molecule has 0 atom stereocenters. The van der Waals surface area contributed by atoms with Crippen LogP contribution in [0.5, 0.6) is 5.75 Å². The summed E-state index contributed by atoms with van der Waals surface area (Å²) in [6, 6.07) is 17.9. The Morgan fingerprint density at radius 3 is 2.71 bits per heavy atom. The number of methoxy groups -OCH3 is 1. The second-order valence-corrected chi connectivity index (χ2v) is 4.80. The van der Waals surface area contributed by atoms with E-state index in [0.29, 0.717) is 0 Å². The zero-order chi connectivity index (χ0) is 14.7. The minimum absolute atomic E-state index is 0.815. The van der Waals surface area contributed by atoms with E-state index >= 15 is 0 Å². The van der Waals surface area contributed by atoms with Gasteiger partial charge in [-0.2, -0.15) is 0 Å². The molecule has 3 nitrogen and oxygen atoms in total. The van der Waals surface area contributed by atoms with Gasteiger partial charge >= 0.3 is 0 Å². The maximum absolute atomic E-state index is 5.33. The molecule has 21 heavy (non-hydrogen) atoms. The summed E-state index contributed by atoms with van der Waals surface area (Å²) in [5.41, 5.74) is 3.83. The monoisotopic (exact) mass is 276 g/mol. The Bertz CT molecular complexity index is 809. The van der Waals surface area contributed by atoms with Crippen LogP contribution in [0.3, 0.4) is 0 Å². The lowest BCUT2D eigenvalue weighted by Crippen LogP contribution is -1.89. The predicted molar refractivity (Wildman–Crippen MR) is 86.7 cm³/mol. The van der Waals surface area contributed by atoms with Gasteiger partial charge in [0.2, 0.25) is 0 Å². The van der Waals surface area contributed by atoms with E-state index in [1.807, 2.05) is 61.7 Å². The van der Waals surface area contributed by atoms with Crippen LogP contribution >= 0.6 is 0 Å². The van der Waals surface area contributed by atoms with Crippen LogP contribution in [0, 0.1) is 6.92 Å². The molecule has 1 aromatic heterocycles. The van der Waals surface area contributed by atoms with Crippen molar-refractivity contribution in [1.29, 1.82) is 0 Å². The second-order valence-electron chi connectivity index (χ2n) is 4.80. The van der Waals surface area contributed by atoms with Gasteiger partial charge in [0, 0.05) is 22.9 Å². The first-order valence-corrected chi connectivity index (χ1v) is 6.81. The van der Waals surface area contributed by atoms with E-state index in [2.05, 4.69) is 16.0 Å². The Kier molecular flexibility index (Phi) is 3.65. The predicted octanol–water partition coefficient (Wildman–Crippen LogP) is 4.30. The third-order valence-electron chi connectivity index (χ3n) is 3.33. The number of aryl methyl sites for hydroxylation is 1. The van der Waals surface area contributed by atoms with Crippen molar-refractivity contribution in [3.8, 4) is 5.75 Å². The second kappa shape index (κ2) is 5.75. The normalized spacial score (nSPS) is 11.1. The number of rotatable bonds is 3. The summed E-state index contributed by atoms with van der Waals surface area (Å²) in [5, 5.41) is 1.05. The number of fused-ring (bicyclic) bond motifs is 1. The molecule has 3 aromatic rings. The molecule has 0 aliphatic heterocycles. The molecular weight excluding hydrogens is 260 g/mol. The molecular formula is C18H16N2O. The number of aliphatic imine (C=N–C) groups is 1. The van der Waals surface area contributed by atoms with E-state index in [-0.39, 0.29) is 0 Å². The Morgan fingerprint density at radius 1 is 1.00 bits per heavy atom. The van der Waals surface area contributed by atoms with Gasteiger partial charge in [-0.3, -0.25) is 9.98 Å². The fourth-order valence-electron chi connectivity index (χ4n) is 2.27. The smallest absolute Gasteiger partial charge is 0.127 e. The Labute approximate surface area is 123 Å². The van der Waals surface area contributed by atoms with Gasteiger partial charge < -0.3 is 4.74 Å². The lowest BCUT2D eigenvalue weighted by atomic mass is 10.1. The SMILES string of the molecule is COc1ccccc1/C=N/c1cccc2nc(C)ccc12. The summed E-state index contributed by atoms with van der Waals surface area (Å²) in [7, 11) is 1.66. The van der Waals surface area contributed by atoms with Crippen LogP contribution in [-0.2, 0) is 0 Å². The molecule has 1 heterocycles. The molecule has 2 aromatic carbocycles. The zero-order valence-electron chi connectivity index (χ0n) is 12.1. The van der Waals surface area contributed by atoms with E-state index in [0.717, 1.165) is 33.6 Å². The fraction of sp³-hybridized carbons (Fsp3) is 0.111. The molecule has 0 radical (unpaired) electrons. The van der Waals surface area contributed by atoms with Gasteiger partial charge in [0.25, 0.3) is 0 Å². The van der Waals surface area contributed by atoms with Gasteiger partial charge in [-0.05, 0) is 43.3 Å². The summed E-state index contributed by atoms with van der Waals surface area (Å²) >= 11 is 0. The highest BCUT2D eigenvalue weighted by Gasteiger charge is 2.02. The Hall–Kier alpha value is -2.68. The van der Waals surface area contributed by atoms with Gasteiger partial charge in [-0.15, -0.1) is 0 Å². The van der Waals surface area contributed by atoms with Gasteiger partial charge in [-0.1, -0.05) is 18.2 Å². The number of hydrogen-bond acceptors (Lipinski definition) is 3. The third kappa shape index (κ3) is 2.77. The van der Waals surface area contributed by atoms with Crippen molar-refractivity contribution in [2.75, 3.05) is 7.11 Å². The van der Waals surface area contributed by atoms with Gasteiger partial charge in [-0.25, -0.2) is 0 Å². The molecule has 0 spiro atoms. The van der Waals surface area contributed by atoms with Crippen molar-refractivity contribution in [3.63, 3.8) is 0 Å². The van der Waals surface area contributed by atoms with E-state index < -0.39 is 0 Å². The lowest BCUT2D eigenvalue weighted by molar-refractivity contribution is 0.414. The summed E-state index contributed by atoms with van der Waals surface area (Å²) in [5.74, 6) is 0.815. The largest absolute Gasteiger partial charge is 0.496 e. The molecule has 3 heteroatoms. The van der Waals surface area contributed by atoms with Crippen LogP contribution in [0.15, 0.2) is 59.6 Å². The van der Waals surface area contributed by atoms with Crippen LogP contribution < -0.4 is 4.74 Å². The highest BCUT2D eigenvalue weighted by molar-refractivity contribution is 5.94. The summed E-state index contributed by atoms with van der Waals surface area (Å²) in [6.07, 6.45) is 1.83. The van der Waals surface area contributed by atoms with E-state index in [1.54, 1.807) is 7.11 Å². The third-order valence-corrected chi connectivity index (χ3v) is 3.33. The number of para-hydroxylation sites is 1. The van der Waals surface area contributed by atoms with Crippen molar-refractivity contribution in [1.82, 2.24) is 4.98 Å². The summed E-state index contributed by atoms with van der Waals surface area (Å²) in [6.45, 7) is 1.99. The van der Waals surface area contributed by atoms with E-state index in [9.17, 15) is 0 Å². The Morgan fingerprint density at radius 2 is 1.86 bits per heavy atom. The first-order valence-electron chi connectivity index (χ1n) is 6.81. The molecule has 0 amide bonds. The number of ether oxygens (including phenoxy) is 1. The van der Waals surface area contributed by atoms with Crippen molar-refractivity contribution in [2.45, 2.75) is 6.92 Å². The quantitative estimate of drug-likeness (QED) is 0.668. The maximum atomic E-state index is 5.33. The van der Waals surface area contributed by atoms with E-state index in [1.165, 1.54) is 0 Å². The van der Waals surface area contributed by atoms with Crippen LogP contribution in [0.4, 0.5) is 5.69 Å². The molecule has 3 rings (SSSR count). The average molecular weight is 276 g/mol. The molecule has 0 bridgehead atoms. The number of aromatic nitrogens is 1. The number of pyridine rings is 1. The molecule has 0 unspecified atom stereocenters. The molecule has 0 saturated heterocycles. The molecule has 0 aliphatic rings. The van der Waals surface area contributed by atoms with Crippen molar-refractivity contribution in [3.05, 3.63) is 65.9 Å². The molecule has 0 fully saturated rings. The molecule has 0 aliphatic carbocycles. The lowest BCUT2D eigenvalue weighted by Gasteiger charge is -2.04. The van der Waals surface area contributed by atoms with Crippen LogP contribution in [0.2, 0.25) is 0 Å². The summed E-state index contributed by atoms with van der Waals surface area (Å²) in [4.78, 5) is 9.12. The minimum Gasteiger partial charge on any atom is -0.496 e. The average Bonchev–Trinajstić information content (AvgIpc) is 2.52. The molecule has 0 N–H and O–H groups in total. The van der Waals surface area contributed by atoms with Crippen molar-refractivity contribution >= 4 is 22.8 Å². The molecule has 0 saturated carbocycles. The van der Waals surface area contributed by atoms with Crippen molar-refractivity contribution in [2.24, 2.45) is 4.99 Å². The zero-order valence-corrected chi connectivity index (χ0v) is 12.1. The van der Waals surface area contributed by atoms with Crippen LogP contribution in [0.25, 0.3) is 10.9 Å². The fourth-order valence-corrected chi connectivity index (χ4v) is 2.27. The summed E-state index contributed by atoms with van der Waals surface area (Å²) < 4.78 is 5.33. The first-order chi connectivity index (χ1) is 10.3. The topological polar surface area (TPSA) is 34.5 Å². The molecule has 104 valence electrons. The van der Waals surface area contributed by atoms with Crippen LogP contribution in [0.1, 0.15) is 11.3 Å². The van der Waals surface area contributed by atoms with Gasteiger partial charge in [0.1, 0.15) is 5.75 Å². The van der Waals surface area contributed by atoms with E-state index in [4.69, 9.17) is 4.74 Å². The number of hydrogen-bond donors (Lipinski definition) is 0. The van der Waals surface area contributed by atoms with Crippen LogP contribution in [-0.4, -0.2) is 18.3 Å².